The smallest absolute Gasteiger partial charge is 0.119 e. The van der Waals surface area contributed by atoms with Crippen LogP contribution in [0.3, 0.4) is 0 Å². The van der Waals surface area contributed by atoms with Crippen LogP contribution in [-0.2, 0) is 0 Å². The van der Waals surface area contributed by atoms with E-state index in [9.17, 15) is 5.11 Å². The third-order valence-corrected chi connectivity index (χ3v) is 4.21. The zero-order valence-corrected chi connectivity index (χ0v) is 11.7. The van der Waals surface area contributed by atoms with Gasteiger partial charge in [-0.3, -0.25) is 0 Å². The molecule has 19 heavy (non-hydrogen) atoms. The molecule has 1 aliphatic rings. The van der Waals surface area contributed by atoms with Gasteiger partial charge in [-0.2, -0.15) is 0 Å². The zero-order chi connectivity index (χ0) is 13.6. The first kappa shape index (κ1) is 14.2. The van der Waals surface area contributed by atoms with Gasteiger partial charge < -0.3 is 14.6 Å². The maximum Gasteiger partial charge on any atom is 0.119 e. The SMILES string of the molecule is COc1ccc(OCCC2(CO)CCCCC2)cc1. The quantitative estimate of drug-likeness (QED) is 0.855. The number of methoxy groups -OCH3 is 1. The van der Waals surface area contributed by atoms with E-state index in [1.807, 2.05) is 24.3 Å². The summed E-state index contributed by atoms with van der Waals surface area (Å²) >= 11 is 0. The number of rotatable bonds is 6. The van der Waals surface area contributed by atoms with Crippen LogP contribution in [0.5, 0.6) is 11.5 Å². The lowest BCUT2D eigenvalue weighted by atomic mass is 9.72. The molecule has 2 rings (SSSR count). The summed E-state index contributed by atoms with van der Waals surface area (Å²) in [5.74, 6) is 1.70. The molecule has 3 heteroatoms. The van der Waals surface area contributed by atoms with E-state index in [2.05, 4.69) is 0 Å². The van der Waals surface area contributed by atoms with Crippen LogP contribution in [0.25, 0.3) is 0 Å². The first-order chi connectivity index (χ1) is 9.28. The second-order valence-corrected chi connectivity index (χ2v) is 5.49. The minimum Gasteiger partial charge on any atom is -0.497 e. The van der Waals surface area contributed by atoms with Gasteiger partial charge in [-0.05, 0) is 48.9 Å². The lowest BCUT2D eigenvalue weighted by Crippen LogP contribution is -2.30. The lowest BCUT2D eigenvalue weighted by Gasteiger charge is -2.35. The molecule has 3 nitrogen and oxygen atoms in total. The predicted octanol–water partition coefficient (Wildman–Crippen LogP) is 3.41. The van der Waals surface area contributed by atoms with Crippen LogP contribution in [0.1, 0.15) is 38.5 Å². The molecule has 0 saturated heterocycles. The molecule has 0 atom stereocenters. The Bertz CT molecular complexity index is 366. The Morgan fingerprint density at radius 3 is 2.26 bits per heavy atom. The highest BCUT2D eigenvalue weighted by Crippen LogP contribution is 2.38. The molecule has 0 heterocycles. The van der Waals surface area contributed by atoms with Crippen LogP contribution < -0.4 is 9.47 Å². The van der Waals surface area contributed by atoms with Crippen LogP contribution in [0, 0.1) is 5.41 Å². The average Bonchev–Trinajstić information content (AvgIpc) is 2.49. The van der Waals surface area contributed by atoms with Gasteiger partial charge in [0.05, 0.1) is 13.7 Å². The van der Waals surface area contributed by atoms with Crippen molar-refractivity contribution >= 4 is 0 Å². The van der Waals surface area contributed by atoms with E-state index < -0.39 is 0 Å². The first-order valence-corrected chi connectivity index (χ1v) is 7.16. The van der Waals surface area contributed by atoms with Crippen LogP contribution in [0.2, 0.25) is 0 Å². The third kappa shape index (κ3) is 3.87. The largest absolute Gasteiger partial charge is 0.497 e. The molecular weight excluding hydrogens is 240 g/mol. The zero-order valence-electron chi connectivity index (χ0n) is 11.7. The maximum atomic E-state index is 9.63. The standard InChI is InChI=1S/C16H24O3/c1-18-14-5-7-15(8-6-14)19-12-11-16(13-17)9-3-2-4-10-16/h5-8,17H,2-4,9-13H2,1H3. The van der Waals surface area contributed by atoms with E-state index in [1.165, 1.54) is 19.3 Å². The normalized spacial score (nSPS) is 18.0. The van der Waals surface area contributed by atoms with Crippen molar-refractivity contribution in [2.75, 3.05) is 20.3 Å². The Morgan fingerprint density at radius 1 is 1.05 bits per heavy atom. The number of aliphatic hydroxyl groups is 1. The minimum absolute atomic E-state index is 0.102. The minimum atomic E-state index is 0.102. The number of aliphatic hydroxyl groups excluding tert-OH is 1. The topological polar surface area (TPSA) is 38.7 Å². The summed E-state index contributed by atoms with van der Waals surface area (Å²) in [6.45, 7) is 0.964. The summed E-state index contributed by atoms with van der Waals surface area (Å²) in [5.41, 5.74) is 0.102. The van der Waals surface area contributed by atoms with Gasteiger partial charge in [0, 0.05) is 6.61 Å². The fraction of sp³-hybridized carbons (Fsp3) is 0.625. The molecule has 1 aromatic rings. The Labute approximate surface area is 115 Å². The average molecular weight is 264 g/mol. The summed E-state index contributed by atoms with van der Waals surface area (Å²) in [6.07, 6.45) is 6.99. The van der Waals surface area contributed by atoms with Crippen molar-refractivity contribution in [2.45, 2.75) is 38.5 Å². The lowest BCUT2D eigenvalue weighted by molar-refractivity contribution is 0.0585. The molecule has 0 bridgehead atoms. The Kier molecular flexibility index (Phi) is 5.08. The number of hydrogen-bond acceptors (Lipinski definition) is 3. The molecule has 0 aliphatic heterocycles. The highest BCUT2D eigenvalue weighted by atomic mass is 16.5. The molecule has 0 aromatic heterocycles. The molecular formula is C16H24O3. The predicted molar refractivity (Wildman–Crippen MR) is 75.7 cm³/mol. The van der Waals surface area contributed by atoms with Gasteiger partial charge in [-0.1, -0.05) is 19.3 Å². The molecule has 0 spiro atoms. The van der Waals surface area contributed by atoms with Gasteiger partial charge in [0.1, 0.15) is 11.5 Å². The third-order valence-electron chi connectivity index (χ3n) is 4.21. The molecule has 0 unspecified atom stereocenters. The summed E-state index contributed by atoms with van der Waals surface area (Å²) in [4.78, 5) is 0. The van der Waals surface area contributed by atoms with Crippen LogP contribution in [0.15, 0.2) is 24.3 Å². The summed E-state index contributed by atoms with van der Waals surface area (Å²) < 4.78 is 10.9. The number of benzene rings is 1. The fourth-order valence-electron chi connectivity index (χ4n) is 2.85. The van der Waals surface area contributed by atoms with Crippen molar-refractivity contribution in [2.24, 2.45) is 5.41 Å². The van der Waals surface area contributed by atoms with E-state index in [0.717, 1.165) is 30.8 Å². The van der Waals surface area contributed by atoms with Crippen molar-refractivity contribution in [3.05, 3.63) is 24.3 Å². The number of ether oxygens (including phenoxy) is 2. The van der Waals surface area contributed by atoms with Gasteiger partial charge >= 0.3 is 0 Å². The van der Waals surface area contributed by atoms with Gasteiger partial charge in [-0.25, -0.2) is 0 Å². The first-order valence-electron chi connectivity index (χ1n) is 7.16. The molecule has 0 amide bonds. The molecule has 0 radical (unpaired) electrons. The van der Waals surface area contributed by atoms with Crippen molar-refractivity contribution in [1.82, 2.24) is 0 Å². The molecule has 1 saturated carbocycles. The highest BCUT2D eigenvalue weighted by molar-refractivity contribution is 5.31. The molecule has 1 N–H and O–H groups in total. The molecule has 1 fully saturated rings. The fourth-order valence-corrected chi connectivity index (χ4v) is 2.85. The van der Waals surface area contributed by atoms with Crippen LogP contribution >= 0.6 is 0 Å². The van der Waals surface area contributed by atoms with E-state index >= 15 is 0 Å². The summed E-state index contributed by atoms with van der Waals surface area (Å²) in [7, 11) is 1.66. The van der Waals surface area contributed by atoms with E-state index in [4.69, 9.17) is 9.47 Å². The van der Waals surface area contributed by atoms with Gasteiger partial charge in [0.15, 0.2) is 0 Å². The van der Waals surface area contributed by atoms with Crippen molar-refractivity contribution < 1.29 is 14.6 Å². The van der Waals surface area contributed by atoms with E-state index in [1.54, 1.807) is 7.11 Å². The van der Waals surface area contributed by atoms with Gasteiger partial charge in [-0.15, -0.1) is 0 Å². The highest BCUT2D eigenvalue weighted by Gasteiger charge is 2.31. The van der Waals surface area contributed by atoms with Crippen LogP contribution in [-0.4, -0.2) is 25.4 Å². The molecule has 1 aromatic carbocycles. The van der Waals surface area contributed by atoms with E-state index in [-0.39, 0.29) is 5.41 Å². The Balaban J connectivity index is 1.81. The second kappa shape index (κ2) is 6.80. The molecule has 1 aliphatic carbocycles. The Hall–Kier alpha value is -1.22. The van der Waals surface area contributed by atoms with Crippen molar-refractivity contribution in [3.63, 3.8) is 0 Å². The summed E-state index contributed by atoms with van der Waals surface area (Å²) in [5, 5.41) is 9.63. The monoisotopic (exact) mass is 264 g/mol. The van der Waals surface area contributed by atoms with Gasteiger partial charge in [0.2, 0.25) is 0 Å². The van der Waals surface area contributed by atoms with Crippen molar-refractivity contribution in [3.8, 4) is 11.5 Å². The van der Waals surface area contributed by atoms with Crippen molar-refractivity contribution in [1.29, 1.82) is 0 Å². The Morgan fingerprint density at radius 2 is 1.68 bits per heavy atom. The van der Waals surface area contributed by atoms with Gasteiger partial charge in [0.25, 0.3) is 0 Å². The number of hydrogen-bond donors (Lipinski definition) is 1. The second-order valence-electron chi connectivity index (χ2n) is 5.49. The van der Waals surface area contributed by atoms with E-state index in [0.29, 0.717) is 13.2 Å². The summed E-state index contributed by atoms with van der Waals surface area (Å²) in [6, 6.07) is 7.64. The van der Waals surface area contributed by atoms with Crippen LogP contribution in [0.4, 0.5) is 0 Å². The maximum absolute atomic E-state index is 9.63. The molecule has 106 valence electrons.